The third-order valence-corrected chi connectivity index (χ3v) is 4.82. The van der Waals surface area contributed by atoms with Crippen molar-refractivity contribution in [3.63, 3.8) is 0 Å². The number of hydrogen-bond acceptors (Lipinski definition) is 4. The molecule has 2 aromatic heterocycles. The molecule has 0 aliphatic heterocycles. The first-order chi connectivity index (χ1) is 9.70. The second-order valence-corrected chi connectivity index (χ2v) is 6.29. The van der Waals surface area contributed by atoms with Crippen molar-refractivity contribution in [1.29, 1.82) is 0 Å². The van der Waals surface area contributed by atoms with E-state index in [0.29, 0.717) is 17.2 Å². The van der Waals surface area contributed by atoms with Crippen molar-refractivity contribution < 1.29 is 9.53 Å². The van der Waals surface area contributed by atoms with Crippen LogP contribution in [0.3, 0.4) is 0 Å². The molecule has 0 bridgehead atoms. The monoisotopic (exact) mass is 356 g/mol. The van der Waals surface area contributed by atoms with E-state index in [0.717, 1.165) is 15.6 Å². The molecule has 0 radical (unpaired) electrons. The maximum absolute atomic E-state index is 11.8. The molecule has 104 valence electrons. The normalized spacial score (nSPS) is 10.3. The number of hydrogen-bond donors (Lipinski definition) is 0. The first-order valence-electron chi connectivity index (χ1n) is 6.06. The van der Waals surface area contributed by atoms with Gasteiger partial charge in [0.15, 0.2) is 0 Å². The van der Waals surface area contributed by atoms with Gasteiger partial charge in [-0.2, -0.15) is 0 Å². The van der Waals surface area contributed by atoms with Crippen LogP contribution in [0, 0.1) is 0 Å². The van der Waals surface area contributed by atoms with Crippen LogP contribution < -0.4 is 4.59 Å². The molecule has 0 unspecified atom stereocenters. The van der Waals surface area contributed by atoms with E-state index in [4.69, 9.17) is 16.3 Å². The predicted molar refractivity (Wildman–Crippen MR) is 78.5 cm³/mol. The van der Waals surface area contributed by atoms with Gasteiger partial charge in [0, 0.05) is 0 Å². The van der Waals surface area contributed by atoms with E-state index in [2.05, 4.69) is 9.97 Å². The molecule has 20 heavy (non-hydrogen) atoms. The quantitative estimate of drug-likeness (QED) is 0.606. The van der Waals surface area contributed by atoms with E-state index in [1.54, 1.807) is 31.5 Å². The van der Waals surface area contributed by atoms with Crippen LogP contribution in [0.25, 0.3) is 0 Å². The molecule has 2 aromatic rings. The molecule has 0 saturated heterocycles. The summed E-state index contributed by atoms with van der Waals surface area (Å²) in [6.45, 7) is 2.15. The molecule has 0 spiro atoms. The van der Waals surface area contributed by atoms with Crippen LogP contribution in [0.4, 0.5) is 0 Å². The topological polar surface area (TPSA) is 52.1 Å². The van der Waals surface area contributed by atoms with E-state index in [-0.39, 0.29) is 20.9 Å². The zero-order valence-corrected chi connectivity index (χ0v) is 13.3. The number of aromatic nitrogens is 2. The number of pyridine rings is 2. The summed E-state index contributed by atoms with van der Waals surface area (Å²) >= 11 is 5.82. The molecule has 0 aliphatic carbocycles. The first kappa shape index (κ1) is 15.0. The first-order valence-corrected chi connectivity index (χ1v) is 8.50. The average molecular weight is 356 g/mol. The Morgan fingerprint density at radius 2 is 2.20 bits per heavy atom. The number of ether oxygens (including phenoxy) is 1. The van der Waals surface area contributed by atoms with Gasteiger partial charge < -0.3 is 0 Å². The molecule has 4 nitrogen and oxygen atoms in total. The minimum absolute atomic E-state index is 0.0180. The van der Waals surface area contributed by atoms with Gasteiger partial charge in [0.2, 0.25) is 0 Å². The van der Waals surface area contributed by atoms with Crippen LogP contribution in [0.2, 0.25) is 5.02 Å². The molecule has 2 rings (SSSR count). The van der Waals surface area contributed by atoms with Gasteiger partial charge in [0.05, 0.1) is 0 Å². The van der Waals surface area contributed by atoms with Gasteiger partial charge in [-0.25, -0.2) is 0 Å². The zero-order chi connectivity index (χ0) is 14.4. The fraction of sp³-hybridized carbons (Fsp3) is 0.214. The predicted octanol–water partition coefficient (Wildman–Crippen LogP) is 1.84. The van der Waals surface area contributed by atoms with Crippen molar-refractivity contribution in [2.24, 2.45) is 0 Å². The summed E-state index contributed by atoms with van der Waals surface area (Å²) in [6.07, 6.45) is 3.31. The summed E-state index contributed by atoms with van der Waals surface area (Å²) in [5.74, 6) is -0.318. The van der Waals surface area contributed by atoms with E-state index in [9.17, 15) is 4.79 Å². The third-order valence-electron chi connectivity index (χ3n) is 2.41. The fourth-order valence-corrected chi connectivity index (χ4v) is 3.50. The van der Waals surface area contributed by atoms with Crippen LogP contribution in [-0.4, -0.2) is 37.5 Å². The Morgan fingerprint density at radius 3 is 2.90 bits per heavy atom. The Morgan fingerprint density at radius 1 is 1.35 bits per heavy atom. The summed E-state index contributed by atoms with van der Waals surface area (Å²) < 4.78 is 5.82. The molecular formula is C14H13ClN2O2Se. The van der Waals surface area contributed by atoms with Crippen LogP contribution >= 0.6 is 11.6 Å². The SMILES string of the molecule is CCOC(=O)c1cccnc1[Se]Cc1ccc(Cl)cn1. The van der Waals surface area contributed by atoms with E-state index in [1.807, 2.05) is 12.1 Å². The Labute approximate surface area is 128 Å². The second kappa shape index (κ2) is 7.39. The standard InChI is InChI=1S/C14H13ClN2O2Se/c1-2-19-14(18)12-4-3-7-16-13(12)20-9-11-6-5-10(15)8-17-11/h3-8H,2,9H2,1H3. The van der Waals surface area contributed by atoms with Crippen LogP contribution in [-0.2, 0) is 10.1 Å². The molecule has 0 saturated carbocycles. The Hall–Kier alpha value is -1.42. The van der Waals surface area contributed by atoms with Gasteiger partial charge in [-0.05, 0) is 0 Å². The van der Waals surface area contributed by atoms with Gasteiger partial charge >= 0.3 is 128 Å². The molecule has 0 aliphatic rings. The zero-order valence-electron chi connectivity index (χ0n) is 10.9. The number of nitrogens with zero attached hydrogens (tertiary/aromatic N) is 2. The van der Waals surface area contributed by atoms with Crippen molar-refractivity contribution in [2.75, 3.05) is 6.61 Å². The van der Waals surface area contributed by atoms with Crippen molar-refractivity contribution in [1.82, 2.24) is 9.97 Å². The van der Waals surface area contributed by atoms with E-state index < -0.39 is 0 Å². The summed E-state index contributed by atoms with van der Waals surface area (Å²) in [5, 5.41) is 1.37. The summed E-state index contributed by atoms with van der Waals surface area (Å²) in [5.41, 5.74) is 1.48. The number of halogens is 1. The Balaban J connectivity index is 2.09. The average Bonchev–Trinajstić information content (AvgIpc) is 2.47. The van der Waals surface area contributed by atoms with Crippen molar-refractivity contribution >= 4 is 37.1 Å². The molecule has 0 atom stereocenters. The van der Waals surface area contributed by atoms with Crippen molar-refractivity contribution in [3.05, 3.63) is 52.9 Å². The van der Waals surface area contributed by atoms with Crippen molar-refractivity contribution in [3.8, 4) is 0 Å². The fourth-order valence-electron chi connectivity index (χ4n) is 1.50. The molecule has 2 heterocycles. The number of rotatable bonds is 5. The van der Waals surface area contributed by atoms with Gasteiger partial charge in [0.25, 0.3) is 0 Å². The summed E-state index contributed by atoms with van der Waals surface area (Å²) in [6, 6.07) is 7.19. The van der Waals surface area contributed by atoms with Gasteiger partial charge in [0.1, 0.15) is 0 Å². The molecule has 0 N–H and O–H groups in total. The maximum atomic E-state index is 11.8. The van der Waals surface area contributed by atoms with Crippen LogP contribution in [0.15, 0.2) is 36.7 Å². The molecular weight excluding hydrogens is 343 g/mol. The van der Waals surface area contributed by atoms with Crippen LogP contribution in [0.5, 0.6) is 0 Å². The molecule has 0 amide bonds. The number of carbonyl (C=O) groups excluding carboxylic acids is 1. The molecule has 6 heteroatoms. The minimum atomic E-state index is -0.318. The number of carbonyl (C=O) groups is 1. The van der Waals surface area contributed by atoms with Gasteiger partial charge in [-0.1, -0.05) is 0 Å². The third kappa shape index (κ3) is 4.04. The Kier molecular flexibility index (Phi) is 5.53. The van der Waals surface area contributed by atoms with Gasteiger partial charge in [-0.3, -0.25) is 0 Å². The van der Waals surface area contributed by atoms with E-state index in [1.165, 1.54) is 0 Å². The van der Waals surface area contributed by atoms with Crippen LogP contribution in [0.1, 0.15) is 23.0 Å². The molecule has 0 aromatic carbocycles. The molecule has 0 fully saturated rings. The Bertz CT molecular complexity index is 590. The van der Waals surface area contributed by atoms with Crippen molar-refractivity contribution in [2.45, 2.75) is 12.2 Å². The van der Waals surface area contributed by atoms with E-state index >= 15 is 0 Å². The second-order valence-electron chi connectivity index (χ2n) is 3.83. The van der Waals surface area contributed by atoms with Gasteiger partial charge in [-0.15, -0.1) is 0 Å². The summed E-state index contributed by atoms with van der Waals surface area (Å²) in [4.78, 5) is 20.4. The number of esters is 1. The summed E-state index contributed by atoms with van der Waals surface area (Å²) in [7, 11) is 0.